The van der Waals surface area contributed by atoms with Crippen molar-refractivity contribution in [2.75, 3.05) is 26.3 Å². The molecule has 2 N–H and O–H groups in total. The zero-order chi connectivity index (χ0) is 38.5. The lowest BCUT2D eigenvalue weighted by molar-refractivity contribution is -0.154. The number of carbonyl (C=O) groups excluding carboxylic acids is 2. The van der Waals surface area contributed by atoms with Gasteiger partial charge in [0.2, 0.25) is 0 Å². The van der Waals surface area contributed by atoms with Gasteiger partial charge in [0.05, 0.1) is 19.1 Å². The smallest absolute Gasteiger partial charge is 0.308 e. The van der Waals surface area contributed by atoms with Gasteiger partial charge in [0.15, 0.2) is 0 Å². The van der Waals surface area contributed by atoms with Crippen molar-refractivity contribution in [2.24, 2.45) is 5.92 Å². The molecule has 0 aliphatic heterocycles. The molecule has 8 heteroatoms. The maximum Gasteiger partial charge on any atom is 0.308 e. The van der Waals surface area contributed by atoms with Crippen molar-refractivity contribution in [2.45, 2.75) is 232 Å². The molecule has 2 unspecified atom stereocenters. The van der Waals surface area contributed by atoms with Crippen LogP contribution in [-0.4, -0.2) is 71.5 Å². The van der Waals surface area contributed by atoms with Gasteiger partial charge in [-0.25, -0.2) is 0 Å². The molecule has 0 bridgehead atoms. The van der Waals surface area contributed by atoms with E-state index in [1.54, 1.807) is 0 Å². The Bertz CT molecular complexity index is 806. The first kappa shape index (κ1) is 50.3. The normalized spacial score (nSPS) is 12.8. The highest BCUT2D eigenvalue weighted by Gasteiger charge is 2.20. The van der Waals surface area contributed by atoms with E-state index in [9.17, 15) is 19.5 Å². The summed E-state index contributed by atoms with van der Waals surface area (Å²) in [5, 5.41) is 18.3. The van der Waals surface area contributed by atoms with E-state index >= 15 is 0 Å². The number of rotatable bonds is 40. The number of hydrogen-bond donors (Lipinski definition) is 2. The number of carboxylic acid groups (broad SMARTS) is 1. The molecule has 0 rings (SSSR count). The first-order valence-electron chi connectivity index (χ1n) is 22.2. The van der Waals surface area contributed by atoms with Gasteiger partial charge in [-0.15, -0.1) is 0 Å². The average molecular weight is 740 g/mol. The van der Waals surface area contributed by atoms with E-state index in [1.165, 1.54) is 64.2 Å². The molecule has 52 heavy (non-hydrogen) atoms. The fourth-order valence-corrected chi connectivity index (χ4v) is 7.00. The number of esters is 2. The molecule has 0 fully saturated rings. The van der Waals surface area contributed by atoms with E-state index in [4.69, 9.17) is 14.6 Å². The molecule has 308 valence electrons. The summed E-state index contributed by atoms with van der Waals surface area (Å²) in [5.74, 6) is -0.927. The molecule has 0 saturated carbocycles. The van der Waals surface area contributed by atoms with Gasteiger partial charge in [0.25, 0.3) is 0 Å². The number of nitrogens with zero attached hydrogens (tertiary/aromatic N) is 1. The molecule has 0 aliphatic rings. The first-order chi connectivity index (χ1) is 25.2. The van der Waals surface area contributed by atoms with E-state index in [0.717, 1.165) is 116 Å². The summed E-state index contributed by atoms with van der Waals surface area (Å²) in [4.78, 5) is 37.9. The van der Waals surface area contributed by atoms with Crippen LogP contribution in [-0.2, 0) is 23.9 Å². The summed E-state index contributed by atoms with van der Waals surface area (Å²) in [7, 11) is 0. The van der Waals surface area contributed by atoms with Crippen molar-refractivity contribution in [3.05, 3.63) is 0 Å². The topological polar surface area (TPSA) is 113 Å². The first-order valence-corrected chi connectivity index (χ1v) is 22.2. The molecule has 0 amide bonds. The van der Waals surface area contributed by atoms with Gasteiger partial charge in [-0.05, 0) is 77.7 Å². The van der Waals surface area contributed by atoms with E-state index in [2.05, 4.69) is 25.7 Å². The quantitative estimate of drug-likeness (QED) is 0.0472. The van der Waals surface area contributed by atoms with Gasteiger partial charge in [-0.3, -0.25) is 19.3 Å². The summed E-state index contributed by atoms with van der Waals surface area (Å²) in [5.41, 5.74) is 0. The number of unbranched alkanes of at least 4 members (excludes halogenated alkanes) is 19. The third-order valence-corrected chi connectivity index (χ3v) is 10.6. The summed E-state index contributed by atoms with van der Waals surface area (Å²) in [6.45, 7) is 11.1. The van der Waals surface area contributed by atoms with Crippen LogP contribution in [0.2, 0.25) is 0 Å². The zero-order valence-corrected chi connectivity index (χ0v) is 34.7. The molecule has 0 spiro atoms. The molecule has 0 heterocycles. The van der Waals surface area contributed by atoms with Crippen molar-refractivity contribution in [1.82, 2.24) is 4.90 Å². The Morgan fingerprint density at radius 3 is 1.63 bits per heavy atom. The molecule has 0 saturated heterocycles. The predicted octanol–water partition coefficient (Wildman–Crippen LogP) is 11.6. The van der Waals surface area contributed by atoms with Crippen LogP contribution >= 0.6 is 0 Å². The lowest BCUT2D eigenvalue weighted by Crippen LogP contribution is -2.36. The van der Waals surface area contributed by atoms with Crippen LogP contribution in [0.1, 0.15) is 220 Å². The summed E-state index contributed by atoms with van der Waals surface area (Å²) in [6.07, 6.45) is 31.7. The SMILES string of the molecule is CCCCCCCCC(CCCCCCCC)OC(=O)C(C)CCCCCC(C)N(CCO)CCCCCCCC(=O)OCCCCCCC(=O)O. The summed E-state index contributed by atoms with van der Waals surface area (Å²) < 4.78 is 11.4. The van der Waals surface area contributed by atoms with E-state index in [-0.39, 0.29) is 37.0 Å². The largest absolute Gasteiger partial charge is 0.481 e. The van der Waals surface area contributed by atoms with Crippen LogP contribution < -0.4 is 0 Å². The molecule has 0 aliphatic carbocycles. The molecular formula is C44H85NO7. The van der Waals surface area contributed by atoms with Crippen molar-refractivity contribution >= 4 is 17.9 Å². The minimum Gasteiger partial charge on any atom is -0.481 e. The molecule has 0 aromatic carbocycles. The highest BCUT2D eigenvalue weighted by molar-refractivity contribution is 5.72. The summed E-state index contributed by atoms with van der Waals surface area (Å²) in [6, 6.07) is 0.422. The molecule has 2 atom stereocenters. The van der Waals surface area contributed by atoms with Crippen LogP contribution in [0.3, 0.4) is 0 Å². The number of carboxylic acids is 1. The highest BCUT2D eigenvalue weighted by Crippen LogP contribution is 2.21. The van der Waals surface area contributed by atoms with Gasteiger partial charge < -0.3 is 19.7 Å². The standard InChI is InChI=1S/C44H85NO7/c1-5-7-9-11-14-23-31-41(32-24-15-12-10-8-6-2)52-44(50)39(3)29-21-20-22-30-40(4)45(36-37-46)35-27-18-13-16-26-34-43(49)51-38-28-19-17-25-33-42(47)48/h39-41,46H,5-38H2,1-4H3,(H,47,48). The molecule has 0 radical (unpaired) electrons. The molecule has 0 aromatic heterocycles. The van der Waals surface area contributed by atoms with Crippen molar-refractivity contribution in [1.29, 1.82) is 0 Å². The van der Waals surface area contributed by atoms with Crippen LogP contribution in [0.25, 0.3) is 0 Å². The van der Waals surface area contributed by atoms with Crippen molar-refractivity contribution in [3.63, 3.8) is 0 Å². The minimum absolute atomic E-state index is 0.00249. The third-order valence-electron chi connectivity index (χ3n) is 10.6. The maximum atomic E-state index is 13.1. The number of aliphatic hydroxyl groups excluding tert-OH is 1. The number of hydrogen-bond acceptors (Lipinski definition) is 7. The Morgan fingerprint density at radius 1 is 0.558 bits per heavy atom. The van der Waals surface area contributed by atoms with Gasteiger partial charge in [0.1, 0.15) is 6.10 Å². The highest BCUT2D eigenvalue weighted by atomic mass is 16.5. The average Bonchev–Trinajstić information content (AvgIpc) is 3.12. The Morgan fingerprint density at radius 2 is 1.04 bits per heavy atom. The van der Waals surface area contributed by atoms with Gasteiger partial charge in [0, 0.05) is 25.4 Å². The van der Waals surface area contributed by atoms with Gasteiger partial charge in [-0.1, -0.05) is 136 Å². The molecule has 0 aromatic rings. The van der Waals surface area contributed by atoms with E-state index < -0.39 is 5.97 Å². The summed E-state index contributed by atoms with van der Waals surface area (Å²) >= 11 is 0. The Hall–Kier alpha value is -1.67. The fraction of sp³-hybridized carbons (Fsp3) is 0.932. The number of aliphatic hydroxyl groups is 1. The molecule has 8 nitrogen and oxygen atoms in total. The number of ether oxygens (including phenoxy) is 2. The lowest BCUT2D eigenvalue weighted by Gasteiger charge is -2.28. The van der Waals surface area contributed by atoms with Crippen LogP contribution in [0.15, 0.2) is 0 Å². The van der Waals surface area contributed by atoms with Crippen LogP contribution in [0.5, 0.6) is 0 Å². The van der Waals surface area contributed by atoms with Gasteiger partial charge >= 0.3 is 17.9 Å². The molecular weight excluding hydrogens is 654 g/mol. The second-order valence-corrected chi connectivity index (χ2v) is 15.6. The van der Waals surface area contributed by atoms with Crippen LogP contribution in [0.4, 0.5) is 0 Å². The lowest BCUT2D eigenvalue weighted by atomic mass is 10.00. The third kappa shape index (κ3) is 32.9. The fourth-order valence-electron chi connectivity index (χ4n) is 7.00. The second-order valence-electron chi connectivity index (χ2n) is 15.6. The Kier molecular flexibility index (Phi) is 36.4. The van der Waals surface area contributed by atoms with Gasteiger partial charge in [-0.2, -0.15) is 0 Å². The predicted molar refractivity (Wildman–Crippen MR) is 216 cm³/mol. The second kappa shape index (κ2) is 37.6. The Labute approximate surface area is 320 Å². The van der Waals surface area contributed by atoms with E-state index in [1.807, 2.05) is 6.92 Å². The maximum absolute atomic E-state index is 13.1. The van der Waals surface area contributed by atoms with Crippen molar-refractivity contribution < 1.29 is 34.1 Å². The monoisotopic (exact) mass is 740 g/mol. The number of aliphatic carboxylic acids is 1. The Balaban J connectivity index is 4.19. The number of carbonyl (C=O) groups is 3. The van der Waals surface area contributed by atoms with E-state index in [0.29, 0.717) is 32.0 Å². The van der Waals surface area contributed by atoms with Crippen LogP contribution in [0, 0.1) is 5.92 Å². The zero-order valence-electron chi connectivity index (χ0n) is 34.7. The minimum atomic E-state index is -0.756. The van der Waals surface area contributed by atoms with Crippen molar-refractivity contribution in [3.8, 4) is 0 Å².